The van der Waals surface area contributed by atoms with Crippen molar-refractivity contribution < 1.29 is 9.53 Å². The molecule has 0 bridgehead atoms. The van der Waals surface area contributed by atoms with Gasteiger partial charge in [0.05, 0.1) is 24.7 Å². The number of nitrogens with one attached hydrogen (secondary N) is 1. The van der Waals surface area contributed by atoms with Gasteiger partial charge in [0.25, 0.3) is 0 Å². The van der Waals surface area contributed by atoms with Gasteiger partial charge in [-0.1, -0.05) is 13.8 Å². The van der Waals surface area contributed by atoms with Gasteiger partial charge in [-0.3, -0.25) is 9.79 Å². The Kier molecular flexibility index (Phi) is 7.09. The Bertz CT molecular complexity index is 304. The normalized spacial score (nSPS) is 12.8. The van der Waals surface area contributed by atoms with Crippen LogP contribution in [0.15, 0.2) is 17.0 Å². The number of ether oxygens (including phenoxy) is 1. The zero-order valence-corrected chi connectivity index (χ0v) is 10.4. The summed E-state index contributed by atoms with van der Waals surface area (Å²) in [4.78, 5) is 14.8. The minimum absolute atomic E-state index is 0.0808. The van der Waals surface area contributed by atoms with Gasteiger partial charge in [-0.25, -0.2) is 0 Å². The Morgan fingerprint density at radius 2 is 2.06 bits per heavy atom. The van der Waals surface area contributed by atoms with Crippen molar-refractivity contribution in [3.05, 3.63) is 12.0 Å². The molecule has 16 heavy (non-hydrogen) atoms. The fourth-order valence-electron chi connectivity index (χ4n) is 0.780. The molecule has 90 valence electrons. The summed E-state index contributed by atoms with van der Waals surface area (Å²) in [6.07, 6.45) is 3.43. The summed E-state index contributed by atoms with van der Waals surface area (Å²) in [6, 6.07) is 0. The summed E-state index contributed by atoms with van der Waals surface area (Å²) in [5.41, 5.74) is 0.409. The van der Waals surface area contributed by atoms with Gasteiger partial charge in [-0.05, 0) is 19.3 Å². The molecular weight excluding hydrogens is 204 g/mol. The molecular formula is C12H20N2O2. The number of nitrogens with zero attached hydrogens (tertiary/aromatic N) is 1. The Morgan fingerprint density at radius 3 is 2.50 bits per heavy atom. The van der Waals surface area contributed by atoms with Gasteiger partial charge in [-0.15, -0.1) is 0 Å². The van der Waals surface area contributed by atoms with Gasteiger partial charge in [0.15, 0.2) is 11.5 Å². The molecule has 0 unspecified atom stereocenters. The third-order valence-corrected chi connectivity index (χ3v) is 2.00. The molecule has 0 aromatic carbocycles. The van der Waals surface area contributed by atoms with Crippen LogP contribution < -0.4 is 0 Å². The quantitative estimate of drug-likeness (QED) is 0.533. The number of hydrogen-bond donors (Lipinski definition) is 1. The van der Waals surface area contributed by atoms with E-state index in [1.165, 1.54) is 13.1 Å². The first-order valence-corrected chi connectivity index (χ1v) is 5.36. The Balaban J connectivity index is 4.27. The molecule has 0 aliphatic rings. The predicted octanol–water partition coefficient (Wildman–Crippen LogP) is 2.59. The van der Waals surface area contributed by atoms with Crippen LogP contribution in [0.25, 0.3) is 0 Å². The van der Waals surface area contributed by atoms with Gasteiger partial charge in [0.1, 0.15) is 0 Å². The van der Waals surface area contributed by atoms with Crippen LogP contribution in [0.4, 0.5) is 0 Å². The van der Waals surface area contributed by atoms with E-state index in [1.54, 1.807) is 6.92 Å². The molecule has 4 heteroatoms. The number of aliphatic imine (C=N–C) groups is 1. The van der Waals surface area contributed by atoms with Crippen LogP contribution in [0.2, 0.25) is 0 Å². The SMILES string of the molecule is CC(=O)/C(C)=N/C=C(\C=N)OCCC(C)C. The van der Waals surface area contributed by atoms with Crippen LogP contribution in [-0.2, 0) is 9.53 Å². The summed E-state index contributed by atoms with van der Waals surface area (Å²) in [7, 11) is 0. The number of ketones is 1. The fraction of sp³-hybridized carbons (Fsp3) is 0.583. The van der Waals surface area contributed by atoms with Crippen molar-refractivity contribution in [1.82, 2.24) is 0 Å². The minimum atomic E-state index is -0.0808. The van der Waals surface area contributed by atoms with E-state index in [-0.39, 0.29) is 5.78 Å². The summed E-state index contributed by atoms with van der Waals surface area (Å²) >= 11 is 0. The Hall–Kier alpha value is -1.45. The smallest absolute Gasteiger partial charge is 0.173 e. The summed E-state index contributed by atoms with van der Waals surface area (Å²) in [5, 5.41) is 7.12. The van der Waals surface area contributed by atoms with Gasteiger partial charge in [0.2, 0.25) is 0 Å². The molecule has 0 aromatic rings. The lowest BCUT2D eigenvalue weighted by atomic mass is 10.1. The van der Waals surface area contributed by atoms with Crippen molar-refractivity contribution in [1.29, 1.82) is 5.41 Å². The Labute approximate surface area is 96.9 Å². The fourth-order valence-corrected chi connectivity index (χ4v) is 0.780. The lowest BCUT2D eigenvalue weighted by molar-refractivity contribution is -0.111. The zero-order valence-electron chi connectivity index (χ0n) is 10.4. The molecule has 0 heterocycles. The maximum absolute atomic E-state index is 10.9. The van der Waals surface area contributed by atoms with Crippen LogP contribution in [-0.4, -0.2) is 24.3 Å². The number of hydrogen-bond acceptors (Lipinski definition) is 4. The van der Waals surface area contributed by atoms with Crippen LogP contribution >= 0.6 is 0 Å². The third kappa shape index (κ3) is 6.92. The van der Waals surface area contributed by atoms with Crippen molar-refractivity contribution in [2.75, 3.05) is 6.61 Å². The number of Topliss-reactive ketones (excluding diaryl/α,β-unsaturated/α-hetero) is 1. The highest BCUT2D eigenvalue weighted by Gasteiger charge is 1.98. The van der Waals surface area contributed by atoms with E-state index in [0.29, 0.717) is 24.0 Å². The number of rotatable bonds is 7. The molecule has 1 N–H and O–H groups in total. The summed E-state index contributed by atoms with van der Waals surface area (Å²) in [5.74, 6) is 0.860. The predicted molar refractivity (Wildman–Crippen MR) is 66.1 cm³/mol. The van der Waals surface area contributed by atoms with Gasteiger partial charge >= 0.3 is 0 Å². The first kappa shape index (κ1) is 14.6. The van der Waals surface area contributed by atoms with Gasteiger partial charge < -0.3 is 10.1 Å². The minimum Gasteiger partial charge on any atom is -0.490 e. The van der Waals surface area contributed by atoms with E-state index >= 15 is 0 Å². The number of carbonyl (C=O) groups is 1. The van der Waals surface area contributed by atoms with Crippen LogP contribution in [0, 0.1) is 11.3 Å². The first-order chi connectivity index (χ1) is 7.47. The van der Waals surface area contributed by atoms with E-state index in [1.807, 2.05) is 0 Å². The largest absolute Gasteiger partial charge is 0.490 e. The lowest BCUT2D eigenvalue weighted by Crippen LogP contribution is -2.04. The van der Waals surface area contributed by atoms with Gasteiger partial charge in [0, 0.05) is 6.92 Å². The number of carbonyl (C=O) groups excluding carboxylic acids is 1. The van der Waals surface area contributed by atoms with E-state index < -0.39 is 0 Å². The lowest BCUT2D eigenvalue weighted by Gasteiger charge is -2.07. The second kappa shape index (κ2) is 7.79. The van der Waals surface area contributed by atoms with E-state index in [4.69, 9.17) is 10.1 Å². The standard InChI is InChI=1S/C12H20N2O2/c1-9(2)5-6-16-12(7-13)8-14-10(3)11(4)15/h7-9,13H,5-6H2,1-4H3/b12-8+,13-7?,14-10+. The van der Waals surface area contributed by atoms with Crippen molar-refractivity contribution in [3.63, 3.8) is 0 Å². The van der Waals surface area contributed by atoms with Crippen molar-refractivity contribution >= 4 is 17.7 Å². The molecule has 0 aliphatic heterocycles. The molecule has 4 nitrogen and oxygen atoms in total. The number of allylic oxidation sites excluding steroid dienone is 1. The molecule has 0 radical (unpaired) electrons. The van der Waals surface area contributed by atoms with Crippen molar-refractivity contribution in [3.8, 4) is 0 Å². The van der Waals surface area contributed by atoms with Crippen LogP contribution in [0.1, 0.15) is 34.1 Å². The van der Waals surface area contributed by atoms with Crippen LogP contribution in [0.5, 0.6) is 0 Å². The van der Waals surface area contributed by atoms with Crippen molar-refractivity contribution in [2.24, 2.45) is 10.9 Å². The van der Waals surface area contributed by atoms with Gasteiger partial charge in [-0.2, -0.15) is 0 Å². The average molecular weight is 224 g/mol. The summed E-state index contributed by atoms with van der Waals surface area (Å²) in [6.45, 7) is 7.86. The second-order valence-corrected chi connectivity index (χ2v) is 3.98. The average Bonchev–Trinajstić information content (AvgIpc) is 2.21. The molecule has 0 amide bonds. The monoisotopic (exact) mass is 224 g/mol. The highest BCUT2D eigenvalue weighted by atomic mass is 16.5. The highest BCUT2D eigenvalue weighted by molar-refractivity contribution is 6.38. The zero-order chi connectivity index (χ0) is 12.6. The molecule has 0 atom stereocenters. The molecule has 0 rings (SSSR count). The van der Waals surface area contributed by atoms with E-state index in [2.05, 4.69) is 18.8 Å². The maximum Gasteiger partial charge on any atom is 0.173 e. The van der Waals surface area contributed by atoms with E-state index in [0.717, 1.165) is 12.6 Å². The molecule has 0 aliphatic carbocycles. The highest BCUT2D eigenvalue weighted by Crippen LogP contribution is 2.02. The Morgan fingerprint density at radius 1 is 1.44 bits per heavy atom. The second-order valence-electron chi connectivity index (χ2n) is 3.98. The molecule has 0 saturated carbocycles. The summed E-state index contributed by atoms with van der Waals surface area (Å²) < 4.78 is 5.33. The molecule has 0 spiro atoms. The van der Waals surface area contributed by atoms with Crippen molar-refractivity contribution in [2.45, 2.75) is 34.1 Å². The molecule has 0 fully saturated rings. The first-order valence-electron chi connectivity index (χ1n) is 5.36. The van der Waals surface area contributed by atoms with Crippen LogP contribution in [0.3, 0.4) is 0 Å². The third-order valence-electron chi connectivity index (χ3n) is 2.00. The maximum atomic E-state index is 10.9. The topological polar surface area (TPSA) is 62.5 Å². The molecule has 0 aromatic heterocycles. The van der Waals surface area contributed by atoms with E-state index in [9.17, 15) is 4.79 Å². The molecule has 0 saturated heterocycles.